The first-order valence-electron chi connectivity index (χ1n) is 16.1. The minimum absolute atomic E-state index is 0.0862. The lowest BCUT2D eigenvalue weighted by Gasteiger charge is -2.56. The summed E-state index contributed by atoms with van der Waals surface area (Å²) in [5.41, 5.74) is -0.499. The van der Waals surface area contributed by atoms with Crippen molar-refractivity contribution in [2.24, 2.45) is 11.8 Å². The zero-order valence-corrected chi connectivity index (χ0v) is 27.3. The molecule has 0 saturated carbocycles. The number of carbonyl (C=O) groups is 2. The molecule has 8 nitrogen and oxygen atoms in total. The summed E-state index contributed by atoms with van der Waals surface area (Å²) in [5.74, 6) is 0.336. The van der Waals surface area contributed by atoms with Crippen molar-refractivity contribution in [1.82, 2.24) is 20.4 Å². The van der Waals surface area contributed by atoms with E-state index in [-0.39, 0.29) is 46.1 Å². The fourth-order valence-corrected chi connectivity index (χ4v) is 7.58. The van der Waals surface area contributed by atoms with E-state index in [0.717, 1.165) is 64.2 Å². The number of nitrogens with one attached hydrogen (secondary N) is 2. The van der Waals surface area contributed by atoms with Crippen LogP contribution in [0.2, 0.25) is 0 Å². The summed E-state index contributed by atoms with van der Waals surface area (Å²) in [4.78, 5) is 27.8. The van der Waals surface area contributed by atoms with Crippen molar-refractivity contribution in [1.29, 1.82) is 0 Å². The van der Waals surface area contributed by atoms with E-state index in [4.69, 9.17) is 0 Å². The van der Waals surface area contributed by atoms with Gasteiger partial charge in [0.05, 0.1) is 0 Å². The van der Waals surface area contributed by atoms with Gasteiger partial charge in [-0.15, -0.1) is 0 Å². The lowest BCUT2D eigenvalue weighted by atomic mass is 9.68. The van der Waals surface area contributed by atoms with Crippen LogP contribution in [0.5, 0.6) is 0 Å². The van der Waals surface area contributed by atoms with E-state index in [0.29, 0.717) is 13.1 Å². The van der Waals surface area contributed by atoms with Gasteiger partial charge in [-0.05, 0) is 90.9 Å². The Hall–Kier alpha value is -1.54. The Morgan fingerprint density at radius 3 is 1.23 bits per heavy atom. The highest BCUT2D eigenvalue weighted by Crippen LogP contribution is 2.41. The Kier molecular flexibility index (Phi) is 11.8. The van der Waals surface area contributed by atoms with Gasteiger partial charge in [0.1, 0.15) is 12.2 Å². The van der Waals surface area contributed by atoms with E-state index in [1.165, 1.54) is 0 Å². The minimum atomic E-state index is -1.09. The van der Waals surface area contributed by atoms with Gasteiger partial charge in [0, 0.05) is 47.3 Å². The van der Waals surface area contributed by atoms with Gasteiger partial charge < -0.3 is 40.2 Å². The summed E-state index contributed by atoms with van der Waals surface area (Å²) in [6.45, 7) is 22.7. The standard InChI is InChI=1S/C32H62N4O4/c1-11-29(7)21-25(23(5)31(9,13-3)33-29)35(27(37)38)19-17-15-16-18-20-36(28(39)40)26-22-30(8,12-2)34-32(10,14-4)24(26)6/h23-26,33-34H,11-22H2,1-10H3,(H,37,38)(H,39,40)/p-2. The summed E-state index contributed by atoms with van der Waals surface area (Å²) in [6, 6.07) is -0.172. The molecule has 0 aromatic carbocycles. The Morgan fingerprint density at radius 1 is 0.650 bits per heavy atom. The molecule has 8 unspecified atom stereocenters. The van der Waals surface area contributed by atoms with E-state index in [1.54, 1.807) is 9.80 Å². The van der Waals surface area contributed by atoms with Gasteiger partial charge in [-0.25, -0.2) is 0 Å². The van der Waals surface area contributed by atoms with Crippen molar-refractivity contribution in [2.45, 2.75) is 168 Å². The quantitative estimate of drug-likeness (QED) is 0.319. The van der Waals surface area contributed by atoms with Crippen LogP contribution in [-0.4, -0.2) is 69.3 Å². The van der Waals surface area contributed by atoms with E-state index in [9.17, 15) is 19.8 Å². The Morgan fingerprint density at radius 2 is 0.975 bits per heavy atom. The molecule has 2 aliphatic rings. The molecule has 0 radical (unpaired) electrons. The highest BCUT2D eigenvalue weighted by atomic mass is 16.4. The molecule has 0 aromatic rings. The molecular formula is C32H60N4O4-2. The van der Waals surface area contributed by atoms with Gasteiger partial charge in [-0.1, -0.05) is 54.4 Å². The van der Waals surface area contributed by atoms with Crippen molar-refractivity contribution in [2.75, 3.05) is 13.1 Å². The van der Waals surface area contributed by atoms with Crippen LogP contribution in [0.3, 0.4) is 0 Å². The smallest absolute Gasteiger partial charge is 0.137 e. The van der Waals surface area contributed by atoms with Crippen LogP contribution in [0.25, 0.3) is 0 Å². The number of amides is 2. The molecule has 40 heavy (non-hydrogen) atoms. The predicted molar refractivity (Wildman–Crippen MR) is 159 cm³/mol. The van der Waals surface area contributed by atoms with Crippen molar-refractivity contribution in [3.8, 4) is 0 Å². The van der Waals surface area contributed by atoms with Crippen LogP contribution < -0.4 is 20.8 Å². The second-order valence-electron chi connectivity index (χ2n) is 14.1. The summed E-state index contributed by atoms with van der Waals surface area (Å²) < 4.78 is 0. The van der Waals surface area contributed by atoms with Crippen molar-refractivity contribution in [3.63, 3.8) is 0 Å². The topological polar surface area (TPSA) is 111 Å². The third kappa shape index (κ3) is 7.64. The molecule has 2 heterocycles. The highest BCUT2D eigenvalue weighted by Gasteiger charge is 2.49. The number of hydrogen-bond donors (Lipinski definition) is 2. The van der Waals surface area contributed by atoms with Gasteiger partial charge in [0.15, 0.2) is 0 Å². The van der Waals surface area contributed by atoms with Crippen LogP contribution in [-0.2, 0) is 0 Å². The van der Waals surface area contributed by atoms with Crippen LogP contribution >= 0.6 is 0 Å². The maximum Gasteiger partial charge on any atom is 0.137 e. The Bertz CT molecular complexity index is 789. The Labute approximate surface area is 245 Å². The molecule has 2 amide bonds. The van der Waals surface area contributed by atoms with E-state index in [1.807, 2.05) is 0 Å². The Balaban J connectivity index is 1.99. The average Bonchev–Trinajstić information content (AvgIpc) is 2.90. The number of hydrogen-bond acceptors (Lipinski definition) is 6. The molecule has 2 saturated heterocycles. The first-order chi connectivity index (χ1) is 18.5. The largest absolute Gasteiger partial charge is 0.530 e. The van der Waals surface area contributed by atoms with Gasteiger partial charge in [-0.3, -0.25) is 0 Å². The van der Waals surface area contributed by atoms with Crippen LogP contribution in [0.1, 0.15) is 133 Å². The summed E-state index contributed by atoms with van der Waals surface area (Å²) in [7, 11) is 0. The van der Waals surface area contributed by atoms with E-state index in [2.05, 4.69) is 79.9 Å². The SMILES string of the molecule is CCC1(C)CC(N(CCCCCCN(C(=O)[O-])C2CC(C)(CC)NC(C)(CC)C2C)C(=O)[O-])C(C)C(C)(CC)N1. The second-order valence-corrected chi connectivity index (χ2v) is 14.1. The third-order valence-electron chi connectivity index (χ3n) is 11.5. The molecular weight excluding hydrogens is 504 g/mol. The summed E-state index contributed by atoms with van der Waals surface area (Å²) in [6.07, 6.45) is 6.29. The zero-order valence-electron chi connectivity index (χ0n) is 27.3. The normalized spacial score (nSPS) is 38.1. The maximum atomic E-state index is 12.3. The van der Waals surface area contributed by atoms with Crippen LogP contribution in [0.15, 0.2) is 0 Å². The van der Waals surface area contributed by atoms with Crippen LogP contribution in [0, 0.1) is 11.8 Å². The van der Waals surface area contributed by atoms with Crippen LogP contribution in [0.4, 0.5) is 9.59 Å². The molecule has 8 heteroatoms. The van der Waals surface area contributed by atoms with Gasteiger partial charge in [0.2, 0.25) is 0 Å². The molecule has 2 fully saturated rings. The number of piperidine rings is 2. The van der Waals surface area contributed by atoms with Crippen molar-refractivity contribution in [3.05, 3.63) is 0 Å². The lowest BCUT2D eigenvalue weighted by molar-refractivity contribution is -0.272. The first kappa shape index (κ1) is 34.7. The number of unbranched alkanes of at least 4 members (excludes halogenated alkanes) is 3. The molecule has 2 N–H and O–H groups in total. The fraction of sp³-hybridized carbons (Fsp3) is 0.938. The maximum absolute atomic E-state index is 12.3. The summed E-state index contributed by atoms with van der Waals surface area (Å²) >= 11 is 0. The third-order valence-corrected chi connectivity index (χ3v) is 11.5. The molecule has 8 atom stereocenters. The van der Waals surface area contributed by atoms with Crippen molar-refractivity contribution >= 4 is 12.2 Å². The fourth-order valence-electron chi connectivity index (χ4n) is 7.58. The average molecular weight is 565 g/mol. The molecule has 0 aromatic heterocycles. The van der Waals surface area contributed by atoms with Crippen molar-refractivity contribution < 1.29 is 19.8 Å². The summed E-state index contributed by atoms with van der Waals surface area (Å²) in [5, 5.41) is 32.3. The number of nitrogens with zero attached hydrogens (tertiary/aromatic N) is 2. The monoisotopic (exact) mass is 564 g/mol. The van der Waals surface area contributed by atoms with Gasteiger partial charge in [0.25, 0.3) is 0 Å². The molecule has 234 valence electrons. The molecule has 0 bridgehead atoms. The minimum Gasteiger partial charge on any atom is -0.530 e. The number of rotatable bonds is 13. The number of carbonyl (C=O) groups excluding carboxylic acids is 2. The van der Waals surface area contributed by atoms with E-state index < -0.39 is 12.2 Å². The molecule has 0 spiro atoms. The molecule has 0 aliphatic carbocycles. The zero-order chi connectivity index (χ0) is 30.5. The predicted octanol–water partition coefficient (Wildman–Crippen LogP) is 4.51. The first-order valence-corrected chi connectivity index (χ1v) is 16.1. The number of carboxylic acid groups (broad SMARTS) is 2. The molecule has 2 rings (SSSR count). The second kappa shape index (κ2) is 13.6. The molecule has 2 aliphatic heterocycles. The highest BCUT2D eigenvalue weighted by molar-refractivity contribution is 5.63. The van der Waals surface area contributed by atoms with Gasteiger partial charge >= 0.3 is 0 Å². The lowest BCUT2D eigenvalue weighted by Crippen LogP contribution is -2.69. The van der Waals surface area contributed by atoms with Gasteiger partial charge in [-0.2, -0.15) is 0 Å². The van der Waals surface area contributed by atoms with E-state index >= 15 is 0 Å².